The van der Waals surface area contributed by atoms with E-state index in [4.69, 9.17) is 0 Å². The first-order valence-corrected chi connectivity index (χ1v) is 12.9. The summed E-state index contributed by atoms with van der Waals surface area (Å²) in [4.78, 5) is 21.0. The predicted octanol–water partition coefficient (Wildman–Crippen LogP) is 6.89. The van der Waals surface area contributed by atoms with E-state index in [1.54, 1.807) is 42.7 Å². The van der Waals surface area contributed by atoms with Gasteiger partial charge in [0.05, 0.1) is 29.3 Å². The number of hydrogen-bond donors (Lipinski definition) is 1. The molecule has 2 aliphatic rings. The molecule has 3 aromatic rings. The lowest BCUT2D eigenvalue weighted by molar-refractivity contribution is -0.138. The quantitative estimate of drug-likeness (QED) is 0.356. The molecule has 2 aliphatic heterocycles. The fourth-order valence-corrected chi connectivity index (χ4v) is 5.51. The molecule has 0 unspecified atom stereocenters. The lowest BCUT2D eigenvalue weighted by Crippen LogP contribution is -2.39. The van der Waals surface area contributed by atoms with Gasteiger partial charge in [-0.25, -0.2) is 8.78 Å². The standard InChI is InChI=1S/C29H29F5N4O/c1-19-7-8-24(36-27(39)20-5-3-2-4-6-20)25(26(19)29(32,33)34)21-9-12-38(18-21)23-15-22(16-35-17-23)37-13-10-28(30,31)11-14-37/h2-8,15-17,21H,9-14,18H2,1H3,(H,36,39)/t21-/m1/s1. The van der Waals surface area contributed by atoms with Crippen LogP contribution in [0.3, 0.4) is 0 Å². The number of amides is 1. The van der Waals surface area contributed by atoms with E-state index < -0.39 is 29.5 Å². The Morgan fingerprint density at radius 1 is 0.974 bits per heavy atom. The molecule has 1 N–H and O–H groups in total. The van der Waals surface area contributed by atoms with Crippen molar-refractivity contribution in [3.8, 4) is 0 Å². The van der Waals surface area contributed by atoms with Gasteiger partial charge in [-0.05, 0) is 48.7 Å². The second kappa shape index (κ2) is 10.5. The molecule has 0 saturated carbocycles. The number of carbonyl (C=O) groups excluding carboxylic acids is 1. The lowest BCUT2D eigenvalue weighted by atomic mass is 9.88. The summed E-state index contributed by atoms with van der Waals surface area (Å²) < 4.78 is 70.3. The van der Waals surface area contributed by atoms with Gasteiger partial charge in [0.15, 0.2) is 0 Å². The van der Waals surface area contributed by atoms with Crippen molar-refractivity contribution in [2.75, 3.05) is 41.3 Å². The molecular formula is C29H29F5N4O. The smallest absolute Gasteiger partial charge is 0.370 e. The number of nitrogens with one attached hydrogen (secondary N) is 1. The molecule has 1 atom stereocenters. The van der Waals surface area contributed by atoms with Crippen LogP contribution in [0.1, 0.15) is 52.2 Å². The van der Waals surface area contributed by atoms with Crippen LogP contribution in [0.4, 0.5) is 39.0 Å². The summed E-state index contributed by atoms with van der Waals surface area (Å²) in [6.07, 6.45) is -1.34. The van der Waals surface area contributed by atoms with Crippen LogP contribution in [-0.4, -0.2) is 43.0 Å². The molecule has 2 saturated heterocycles. The Kier molecular flexibility index (Phi) is 7.22. The Morgan fingerprint density at radius 2 is 1.64 bits per heavy atom. The molecule has 10 heteroatoms. The lowest BCUT2D eigenvalue weighted by Gasteiger charge is -2.33. The minimum atomic E-state index is -4.60. The predicted molar refractivity (Wildman–Crippen MR) is 141 cm³/mol. The van der Waals surface area contributed by atoms with E-state index in [1.807, 2.05) is 15.9 Å². The second-order valence-electron chi connectivity index (χ2n) is 10.2. The largest absolute Gasteiger partial charge is 0.417 e. The minimum absolute atomic E-state index is 0.0802. The molecule has 0 bridgehead atoms. The Hall–Kier alpha value is -3.69. The van der Waals surface area contributed by atoms with Crippen molar-refractivity contribution in [2.45, 2.75) is 44.2 Å². The van der Waals surface area contributed by atoms with Crippen molar-refractivity contribution in [1.82, 2.24) is 4.98 Å². The van der Waals surface area contributed by atoms with Gasteiger partial charge in [0.2, 0.25) is 0 Å². The summed E-state index contributed by atoms with van der Waals surface area (Å²) in [6.45, 7) is 2.64. The van der Waals surface area contributed by atoms with Crippen molar-refractivity contribution in [3.63, 3.8) is 0 Å². The molecule has 3 heterocycles. The normalized spacial score (nSPS) is 19.3. The van der Waals surface area contributed by atoms with Gasteiger partial charge in [-0.1, -0.05) is 24.3 Å². The fourth-order valence-electron chi connectivity index (χ4n) is 5.51. The Balaban J connectivity index is 1.42. The van der Waals surface area contributed by atoms with Crippen LogP contribution in [0.5, 0.6) is 0 Å². The molecule has 0 spiro atoms. The zero-order valence-corrected chi connectivity index (χ0v) is 21.4. The van der Waals surface area contributed by atoms with E-state index in [1.165, 1.54) is 19.1 Å². The number of alkyl halides is 5. The third-order valence-corrected chi connectivity index (χ3v) is 7.55. The van der Waals surface area contributed by atoms with Crippen molar-refractivity contribution < 1.29 is 26.7 Å². The summed E-state index contributed by atoms with van der Waals surface area (Å²) in [6, 6.07) is 13.1. The summed E-state index contributed by atoms with van der Waals surface area (Å²) in [5, 5.41) is 2.72. The molecule has 1 amide bonds. The second-order valence-corrected chi connectivity index (χ2v) is 10.2. The van der Waals surface area contributed by atoms with Gasteiger partial charge in [0.1, 0.15) is 0 Å². The molecule has 5 rings (SSSR count). The van der Waals surface area contributed by atoms with E-state index in [0.717, 1.165) is 5.69 Å². The number of nitrogens with zero attached hydrogens (tertiary/aromatic N) is 3. The van der Waals surface area contributed by atoms with Crippen molar-refractivity contribution in [2.24, 2.45) is 0 Å². The summed E-state index contributed by atoms with van der Waals surface area (Å²) >= 11 is 0. The van der Waals surface area contributed by atoms with Gasteiger partial charge in [-0.15, -0.1) is 0 Å². The minimum Gasteiger partial charge on any atom is -0.370 e. The van der Waals surface area contributed by atoms with Gasteiger partial charge in [0, 0.05) is 56.2 Å². The van der Waals surface area contributed by atoms with Gasteiger partial charge in [0.25, 0.3) is 11.8 Å². The molecule has 2 fully saturated rings. The van der Waals surface area contributed by atoms with E-state index in [2.05, 4.69) is 10.3 Å². The highest BCUT2D eigenvalue weighted by Crippen LogP contribution is 2.44. The molecule has 1 aromatic heterocycles. The van der Waals surface area contributed by atoms with E-state index in [9.17, 15) is 26.7 Å². The van der Waals surface area contributed by atoms with Crippen molar-refractivity contribution in [3.05, 3.63) is 83.2 Å². The van der Waals surface area contributed by atoms with E-state index in [-0.39, 0.29) is 42.7 Å². The Labute approximate surface area is 223 Å². The summed E-state index contributed by atoms with van der Waals surface area (Å²) in [7, 11) is 0. The Bertz CT molecular complexity index is 1340. The first-order valence-electron chi connectivity index (χ1n) is 12.9. The van der Waals surface area contributed by atoms with Crippen LogP contribution >= 0.6 is 0 Å². The third kappa shape index (κ3) is 5.84. The van der Waals surface area contributed by atoms with Crippen LogP contribution in [0.2, 0.25) is 0 Å². The highest BCUT2D eigenvalue weighted by Gasteiger charge is 2.40. The molecule has 2 aromatic carbocycles. The van der Waals surface area contributed by atoms with Crippen molar-refractivity contribution >= 4 is 23.0 Å². The van der Waals surface area contributed by atoms with Gasteiger partial charge in [-0.3, -0.25) is 9.78 Å². The number of aryl methyl sites for hydroxylation is 1. The average Bonchev–Trinajstić information content (AvgIpc) is 3.39. The zero-order chi connectivity index (χ0) is 27.8. The monoisotopic (exact) mass is 544 g/mol. The third-order valence-electron chi connectivity index (χ3n) is 7.55. The summed E-state index contributed by atoms with van der Waals surface area (Å²) in [5.74, 6) is -3.64. The van der Waals surface area contributed by atoms with E-state index in [0.29, 0.717) is 30.8 Å². The summed E-state index contributed by atoms with van der Waals surface area (Å²) in [5.41, 5.74) is 1.40. The van der Waals surface area contributed by atoms with Crippen LogP contribution in [0, 0.1) is 6.92 Å². The van der Waals surface area contributed by atoms with Crippen LogP contribution in [-0.2, 0) is 6.18 Å². The van der Waals surface area contributed by atoms with Crippen LogP contribution < -0.4 is 15.1 Å². The topological polar surface area (TPSA) is 48.5 Å². The van der Waals surface area contributed by atoms with Gasteiger partial charge >= 0.3 is 6.18 Å². The number of hydrogen-bond acceptors (Lipinski definition) is 4. The number of rotatable bonds is 5. The number of aromatic nitrogens is 1. The maximum atomic E-state index is 14.3. The van der Waals surface area contributed by atoms with E-state index >= 15 is 0 Å². The maximum absolute atomic E-state index is 14.3. The SMILES string of the molecule is Cc1ccc(NC(=O)c2ccccc2)c([C@@H]2CCN(c3cncc(N4CCC(F)(F)CC4)c3)C2)c1C(F)(F)F. The molecule has 0 aliphatic carbocycles. The zero-order valence-electron chi connectivity index (χ0n) is 21.4. The fraction of sp³-hybridized carbons (Fsp3) is 0.379. The first kappa shape index (κ1) is 26.9. The van der Waals surface area contributed by atoms with Crippen LogP contribution in [0.25, 0.3) is 0 Å². The van der Waals surface area contributed by atoms with Gasteiger partial charge in [-0.2, -0.15) is 13.2 Å². The first-order chi connectivity index (χ1) is 18.5. The number of piperidine rings is 1. The number of pyridine rings is 1. The van der Waals surface area contributed by atoms with Gasteiger partial charge < -0.3 is 15.1 Å². The highest BCUT2D eigenvalue weighted by molar-refractivity contribution is 6.04. The maximum Gasteiger partial charge on any atom is 0.417 e. The molecule has 206 valence electrons. The number of carbonyl (C=O) groups is 1. The van der Waals surface area contributed by atoms with Crippen LogP contribution in [0.15, 0.2) is 60.9 Å². The molecule has 0 radical (unpaired) electrons. The number of benzene rings is 2. The molecule has 5 nitrogen and oxygen atoms in total. The molecule has 39 heavy (non-hydrogen) atoms. The Morgan fingerprint density at radius 3 is 2.31 bits per heavy atom. The highest BCUT2D eigenvalue weighted by atomic mass is 19.4. The number of halogens is 5. The number of anilines is 3. The van der Waals surface area contributed by atoms with Crippen molar-refractivity contribution in [1.29, 1.82) is 0 Å². The molecular weight excluding hydrogens is 515 g/mol. The average molecular weight is 545 g/mol.